The van der Waals surface area contributed by atoms with Gasteiger partial charge in [-0.2, -0.15) is 0 Å². The highest BCUT2D eigenvalue weighted by molar-refractivity contribution is 7.08. The molecule has 1 N–H and O–H groups in total. The first kappa shape index (κ1) is 8.26. The highest BCUT2D eigenvalue weighted by Crippen LogP contribution is 2.03. The van der Waals surface area contributed by atoms with E-state index in [1.807, 2.05) is 6.92 Å². The van der Waals surface area contributed by atoms with Crippen LogP contribution in [0.1, 0.15) is 29.6 Å². The Balaban J connectivity index is 2.15. The quantitative estimate of drug-likeness (QED) is 0.555. The number of nitrogens with zero attached hydrogens (tertiary/aromatic N) is 1. The van der Waals surface area contributed by atoms with Crippen LogP contribution in [-0.4, -0.2) is 22.2 Å². The molecule has 5 heteroatoms. The van der Waals surface area contributed by atoms with Gasteiger partial charge < -0.3 is 4.74 Å². The van der Waals surface area contributed by atoms with Gasteiger partial charge in [-0.1, -0.05) is 13.3 Å². The van der Waals surface area contributed by atoms with Gasteiger partial charge in [-0.25, -0.2) is 9.28 Å². The van der Waals surface area contributed by atoms with Crippen molar-refractivity contribution in [2.75, 3.05) is 6.61 Å². The van der Waals surface area contributed by atoms with E-state index in [9.17, 15) is 4.79 Å². The third kappa shape index (κ3) is 2.34. The summed E-state index contributed by atoms with van der Waals surface area (Å²) in [6.45, 7) is 2.54. The third-order valence-electron chi connectivity index (χ3n) is 1.20. The van der Waals surface area contributed by atoms with Gasteiger partial charge in [-0.05, 0) is 18.0 Å². The van der Waals surface area contributed by atoms with Crippen LogP contribution in [0.4, 0.5) is 0 Å². The fourth-order valence-corrected chi connectivity index (χ4v) is 0.874. The molecule has 0 saturated heterocycles. The van der Waals surface area contributed by atoms with Gasteiger partial charge >= 0.3 is 5.97 Å². The van der Waals surface area contributed by atoms with Gasteiger partial charge in [-0.3, -0.25) is 0 Å². The molecule has 0 amide bonds. The molecule has 4 nitrogen and oxygen atoms in total. The Labute approximate surface area is 68.7 Å². The molecule has 0 radical (unpaired) electrons. The topological polar surface area (TPSA) is 55.0 Å². The fraction of sp³-hybridized carbons (Fsp3) is 0.667. The summed E-state index contributed by atoms with van der Waals surface area (Å²) in [6, 6.07) is 0. The summed E-state index contributed by atoms with van der Waals surface area (Å²) in [7, 11) is 0. The van der Waals surface area contributed by atoms with Crippen LogP contribution in [0, 0.1) is 0 Å². The van der Waals surface area contributed by atoms with Crippen molar-refractivity contribution in [1.29, 1.82) is 0 Å². The van der Waals surface area contributed by atoms with Crippen LogP contribution < -0.4 is 0 Å². The summed E-state index contributed by atoms with van der Waals surface area (Å²) in [5.74, 6) is -0.317. The predicted molar refractivity (Wildman–Crippen MR) is 41.7 cm³/mol. The van der Waals surface area contributed by atoms with Gasteiger partial charge in [0.25, 0.3) is 0 Å². The van der Waals surface area contributed by atoms with Crippen molar-refractivity contribution < 1.29 is 9.53 Å². The van der Waals surface area contributed by atoms with Crippen molar-refractivity contribution in [3.63, 3.8) is 0 Å². The molecule has 0 saturated carbocycles. The van der Waals surface area contributed by atoms with Crippen molar-refractivity contribution in [2.45, 2.75) is 19.8 Å². The molecule has 0 aromatic carbocycles. The molecule has 0 unspecified atom stereocenters. The van der Waals surface area contributed by atoms with Crippen molar-refractivity contribution in [2.24, 2.45) is 0 Å². The Bertz CT molecular complexity index is 209. The first-order valence-electron chi connectivity index (χ1n) is 3.51. The summed E-state index contributed by atoms with van der Waals surface area (Å²) >= 11 is 1.20. The molecule has 0 fully saturated rings. The van der Waals surface area contributed by atoms with Crippen LogP contribution in [0.15, 0.2) is 0 Å². The van der Waals surface area contributed by atoms with Crippen LogP contribution in [0.25, 0.3) is 0 Å². The van der Waals surface area contributed by atoms with Gasteiger partial charge in [-0.15, -0.1) is 5.10 Å². The maximum atomic E-state index is 10.9. The minimum absolute atomic E-state index is 0.317. The Kier molecular flexibility index (Phi) is 3.10. The predicted octanol–water partition coefficient (Wildman–Crippen LogP) is 1.43. The number of H-pyrrole nitrogens is 1. The average molecular weight is 174 g/mol. The molecule has 1 aromatic heterocycles. The number of carbonyl (C=O) groups is 1. The number of esters is 1. The standard InChI is InChI=1S/C6H10N2O2S/c1-2-3-4-10-6(9)5-7-8-11-5/h8H,2-4H2,1H3. The average Bonchev–Trinajstić information content (AvgIpc) is 1.84. The second kappa shape index (κ2) is 4.12. The van der Waals surface area contributed by atoms with E-state index in [4.69, 9.17) is 4.74 Å². The van der Waals surface area contributed by atoms with Gasteiger partial charge in [0.2, 0.25) is 5.01 Å². The molecule has 0 spiro atoms. The summed E-state index contributed by atoms with van der Waals surface area (Å²) in [5.41, 5.74) is 0. The smallest absolute Gasteiger partial charge is 0.370 e. The van der Waals surface area contributed by atoms with E-state index in [-0.39, 0.29) is 5.97 Å². The summed E-state index contributed by atoms with van der Waals surface area (Å²) in [5, 5.41) is 4.02. The van der Waals surface area contributed by atoms with Crippen molar-refractivity contribution in [3.05, 3.63) is 5.01 Å². The van der Waals surface area contributed by atoms with E-state index < -0.39 is 0 Å². The number of ether oxygens (including phenoxy) is 1. The number of hydrogen-bond donors (Lipinski definition) is 1. The van der Waals surface area contributed by atoms with Crippen LogP contribution in [0.5, 0.6) is 0 Å². The lowest BCUT2D eigenvalue weighted by molar-refractivity contribution is 0.0496. The molecule has 0 aliphatic heterocycles. The summed E-state index contributed by atoms with van der Waals surface area (Å²) in [4.78, 5) is 10.9. The highest BCUT2D eigenvalue weighted by Gasteiger charge is 2.11. The number of carbonyl (C=O) groups excluding carboxylic acids is 1. The van der Waals surface area contributed by atoms with Gasteiger partial charge in [0.15, 0.2) is 0 Å². The molecule has 0 aliphatic carbocycles. The molecule has 1 rings (SSSR count). The first-order valence-corrected chi connectivity index (χ1v) is 4.33. The van der Waals surface area contributed by atoms with Crippen LogP contribution in [-0.2, 0) is 4.74 Å². The Morgan fingerprint density at radius 3 is 3.00 bits per heavy atom. The van der Waals surface area contributed by atoms with Gasteiger partial charge in [0.05, 0.1) is 6.61 Å². The molecule has 11 heavy (non-hydrogen) atoms. The molecule has 1 aromatic rings. The van der Waals surface area contributed by atoms with Crippen LogP contribution in [0.2, 0.25) is 0 Å². The minimum Gasteiger partial charge on any atom is -0.460 e. The first-order chi connectivity index (χ1) is 5.34. The normalized spacial score (nSPS) is 9.91. The van der Waals surface area contributed by atoms with Crippen LogP contribution in [0.3, 0.4) is 0 Å². The number of unbranched alkanes of at least 4 members (excludes halogenated alkanes) is 1. The Morgan fingerprint density at radius 1 is 1.82 bits per heavy atom. The van der Waals surface area contributed by atoms with Crippen molar-refractivity contribution in [3.8, 4) is 0 Å². The van der Waals surface area contributed by atoms with Crippen LogP contribution >= 0.6 is 11.5 Å². The fourth-order valence-electron chi connectivity index (χ4n) is 0.550. The molecular weight excluding hydrogens is 164 g/mol. The zero-order chi connectivity index (χ0) is 8.10. The SMILES string of the molecule is CCCCOC(=O)c1n[nH]s1. The summed E-state index contributed by atoms with van der Waals surface area (Å²) in [6.07, 6.45) is 1.95. The molecule has 0 bridgehead atoms. The number of aromatic nitrogens is 2. The lowest BCUT2D eigenvalue weighted by Crippen LogP contribution is -2.09. The molecular formula is C6H10N2O2S. The monoisotopic (exact) mass is 174 g/mol. The third-order valence-corrected chi connectivity index (χ3v) is 1.83. The van der Waals surface area contributed by atoms with E-state index in [2.05, 4.69) is 9.59 Å². The van der Waals surface area contributed by atoms with E-state index in [1.54, 1.807) is 0 Å². The zero-order valence-corrected chi connectivity index (χ0v) is 7.11. The van der Waals surface area contributed by atoms with E-state index in [1.165, 1.54) is 11.5 Å². The minimum atomic E-state index is -0.317. The van der Waals surface area contributed by atoms with E-state index in [0.29, 0.717) is 11.6 Å². The number of aromatic amines is 1. The van der Waals surface area contributed by atoms with Gasteiger partial charge in [0, 0.05) is 0 Å². The van der Waals surface area contributed by atoms with E-state index >= 15 is 0 Å². The maximum Gasteiger partial charge on any atom is 0.370 e. The highest BCUT2D eigenvalue weighted by atomic mass is 32.1. The lowest BCUT2D eigenvalue weighted by Gasteiger charge is -2.02. The second-order valence-corrected chi connectivity index (χ2v) is 2.87. The summed E-state index contributed by atoms with van der Waals surface area (Å²) < 4.78 is 7.39. The zero-order valence-electron chi connectivity index (χ0n) is 6.29. The lowest BCUT2D eigenvalue weighted by atomic mass is 10.4. The molecule has 0 aliphatic rings. The largest absolute Gasteiger partial charge is 0.460 e. The number of hydrogen-bond acceptors (Lipinski definition) is 4. The molecule has 1 heterocycles. The molecule has 62 valence electrons. The molecule has 0 atom stereocenters. The van der Waals surface area contributed by atoms with Gasteiger partial charge in [0.1, 0.15) is 0 Å². The van der Waals surface area contributed by atoms with Crippen molar-refractivity contribution in [1.82, 2.24) is 9.59 Å². The number of nitrogens with one attached hydrogen (secondary N) is 1. The van der Waals surface area contributed by atoms with Crippen molar-refractivity contribution >= 4 is 17.5 Å². The van der Waals surface area contributed by atoms with E-state index in [0.717, 1.165) is 12.8 Å². The maximum absolute atomic E-state index is 10.9. The second-order valence-electron chi connectivity index (χ2n) is 2.10. The Hall–Kier alpha value is -0.840. The number of rotatable bonds is 4. The Morgan fingerprint density at radius 2 is 2.55 bits per heavy atom.